The molecule has 1 aromatic heterocycles. The molecule has 40 heavy (non-hydrogen) atoms. The quantitative estimate of drug-likeness (QED) is 0.515. The van der Waals surface area contributed by atoms with Crippen molar-refractivity contribution in [2.24, 2.45) is 5.92 Å². The number of hydrogen-bond acceptors (Lipinski definition) is 7. The highest BCUT2D eigenvalue weighted by atomic mass is 19.2. The summed E-state index contributed by atoms with van der Waals surface area (Å²) in [7, 11) is 0. The molecule has 0 unspecified atom stereocenters. The van der Waals surface area contributed by atoms with Gasteiger partial charge in [-0.3, -0.25) is 14.4 Å². The molecular weight excluding hydrogens is 524 g/mol. The van der Waals surface area contributed by atoms with E-state index >= 15 is 0 Å². The summed E-state index contributed by atoms with van der Waals surface area (Å²) in [6.45, 7) is 1.72. The minimum atomic E-state index is -1.04. The number of aromatic nitrogens is 4. The summed E-state index contributed by atoms with van der Waals surface area (Å²) in [5, 5.41) is 13.8. The number of ether oxygens (including phenoxy) is 1. The van der Waals surface area contributed by atoms with Crippen molar-refractivity contribution in [3.05, 3.63) is 71.6 Å². The number of benzene rings is 2. The molecule has 13 heteroatoms. The smallest absolute Gasteiger partial charge is 0.244 e. The summed E-state index contributed by atoms with van der Waals surface area (Å²) in [6, 6.07) is 11.1. The third-order valence-electron chi connectivity index (χ3n) is 7.24. The number of rotatable bonds is 4. The van der Waals surface area contributed by atoms with E-state index in [9.17, 15) is 23.2 Å². The summed E-state index contributed by atoms with van der Waals surface area (Å²) >= 11 is 0. The summed E-state index contributed by atoms with van der Waals surface area (Å²) in [4.78, 5) is 42.5. The first-order chi connectivity index (χ1) is 19.4. The predicted octanol–water partition coefficient (Wildman–Crippen LogP) is 1.16. The second-order valence-electron chi connectivity index (χ2n) is 9.86. The van der Waals surface area contributed by atoms with Crippen molar-refractivity contribution in [3.63, 3.8) is 0 Å². The monoisotopic (exact) mass is 553 g/mol. The lowest BCUT2D eigenvalue weighted by Crippen LogP contribution is -2.40. The number of nitrogens with one attached hydrogen (secondary N) is 1. The Kier molecular flexibility index (Phi) is 8.27. The number of carbonyl (C=O) groups is 3. The van der Waals surface area contributed by atoms with E-state index in [0.717, 1.165) is 11.6 Å². The van der Waals surface area contributed by atoms with Gasteiger partial charge in [0.05, 0.1) is 18.9 Å². The molecule has 11 nitrogen and oxygen atoms in total. The van der Waals surface area contributed by atoms with Crippen molar-refractivity contribution >= 4 is 17.7 Å². The highest BCUT2D eigenvalue weighted by molar-refractivity contribution is 5.84. The lowest BCUT2D eigenvalue weighted by atomic mass is 9.88. The van der Waals surface area contributed by atoms with Gasteiger partial charge in [-0.05, 0) is 40.6 Å². The molecule has 1 fully saturated rings. The lowest BCUT2D eigenvalue weighted by molar-refractivity contribution is -0.132. The Morgan fingerprint density at radius 1 is 1.02 bits per heavy atom. The molecule has 1 saturated heterocycles. The molecule has 0 radical (unpaired) electrons. The van der Waals surface area contributed by atoms with Crippen LogP contribution in [-0.4, -0.2) is 87.1 Å². The second-order valence-corrected chi connectivity index (χ2v) is 9.86. The number of tetrazole rings is 1. The zero-order valence-electron chi connectivity index (χ0n) is 21.7. The number of carbonyl (C=O) groups excluding carboxylic acids is 3. The topological polar surface area (TPSA) is 123 Å². The molecule has 2 atom stereocenters. The van der Waals surface area contributed by atoms with Gasteiger partial charge in [0.1, 0.15) is 25.2 Å². The Morgan fingerprint density at radius 3 is 2.67 bits per heavy atom. The lowest BCUT2D eigenvalue weighted by Gasteiger charge is -2.24. The van der Waals surface area contributed by atoms with Gasteiger partial charge in [-0.1, -0.05) is 24.3 Å². The van der Waals surface area contributed by atoms with Gasteiger partial charge in [0.25, 0.3) is 0 Å². The molecule has 3 heterocycles. The number of fused-ring (bicyclic) bond motifs is 4. The fourth-order valence-corrected chi connectivity index (χ4v) is 5.14. The number of likely N-dealkylation sites (tertiary alicyclic amines) is 1. The number of hydrogen-bond donors (Lipinski definition) is 1. The molecule has 1 N–H and O–H groups in total. The zero-order chi connectivity index (χ0) is 28.1. The van der Waals surface area contributed by atoms with Gasteiger partial charge >= 0.3 is 0 Å². The van der Waals surface area contributed by atoms with Crippen LogP contribution < -0.4 is 10.1 Å². The van der Waals surface area contributed by atoms with Crippen LogP contribution in [0.5, 0.6) is 5.75 Å². The largest absolute Gasteiger partial charge is 0.492 e. The van der Waals surface area contributed by atoms with E-state index in [4.69, 9.17) is 4.74 Å². The van der Waals surface area contributed by atoms with Crippen LogP contribution in [0.4, 0.5) is 8.78 Å². The molecule has 2 aromatic carbocycles. The maximum Gasteiger partial charge on any atom is 0.244 e. The van der Waals surface area contributed by atoms with Crippen LogP contribution in [0.15, 0.2) is 48.8 Å². The van der Waals surface area contributed by atoms with Gasteiger partial charge in [0, 0.05) is 37.7 Å². The fraction of sp³-hybridized carbons (Fsp3) is 0.407. The van der Waals surface area contributed by atoms with Crippen molar-refractivity contribution in [2.45, 2.75) is 25.3 Å². The molecule has 2 aliphatic heterocycles. The van der Waals surface area contributed by atoms with Gasteiger partial charge in [0.15, 0.2) is 11.6 Å². The third-order valence-corrected chi connectivity index (χ3v) is 7.24. The summed E-state index contributed by atoms with van der Waals surface area (Å²) in [5.74, 6) is -3.09. The van der Waals surface area contributed by atoms with Crippen LogP contribution >= 0.6 is 0 Å². The maximum absolute atomic E-state index is 14.2. The first-order valence-corrected chi connectivity index (χ1v) is 13.1. The Balaban J connectivity index is 1.31. The van der Waals surface area contributed by atoms with E-state index in [2.05, 4.69) is 20.8 Å². The molecule has 0 spiro atoms. The number of amides is 3. The minimum absolute atomic E-state index is 0.0119. The summed E-state index contributed by atoms with van der Waals surface area (Å²) < 4.78 is 35.2. The van der Waals surface area contributed by atoms with Crippen molar-refractivity contribution in [1.82, 2.24) is 35.3 Å². The summed E-state index contributed by atoms with van der Waals surface area (Å²) in [6.07, 6.45) is 1.57. The van der Waals surface area contributed by atoms with E-state index in [0.29, 0.717) is 31.8 Å². The van der Waals surface area contributed by atoms with Gasteiger partial charge in [-0.15, -0.1) is 5.10 Å². The number of halogens is 2. The molecule has 2 aliphatic rings. The van der Waals surface area contributed by atoms with E-state index in [1.54, 1.807) is 11.0 Å². The summed E-state index contributed by atoms with van der Waals surface area (Å²) in [5.41, 5.74) is 0.802. The first kappa shape index (κ1) is 27.2. The maximum atomic E-state index is 14.2. The van der Waals surface area contributed by atoms with Crippen LogP contribution in [0.2, 0.25) is 0 Å². The highest BCUT2D eigenvalue weighted by Crippen LogP contribution is 2.35. The minimum Gasteiger partial charge on any atom is -0.492 e. The fourth-order valence-electron chi connectivity index (χ4n) is 5.14. The number of nitrogens with zero attached hydrogens (tertiary/aromatic N) is 6. The van der Waals surface area contributed by atoms with Crippen molar-refractivity contribution in [1.29, 1.82) is 0 Å². The average molecular weight is 554 g/mol. The molecule has 3 aromatic rings. The first-order valence-electron chi connectivity index (χ1n) is 13.1. The molecule has 0 aliphatic carbocycles. The standard InChI is InChI=1S/C27H29F2N7O4/c28-23-7-2-5-19(26(23)29)13-24(37)35-14-21-18-4-1-6-20(12-18)40-11-10-34(25(38)16-36-17-31-32-33-36)9-3-8-30-27(39)22(21)15-35/h1-2,4-7,12,17,21-22H,3,8-11,13-16H2,(H,30,39)/t21-,22+/m1/s1. The molecule has 2 bridgehead atoms. The van der Waals surface area contributed by atoms with Crippen LogP contribution in [-0.2, 0) is 27.3 Å². The third kappa shape index (κ3) is 6.24. The van der Waals surface area contributed by atoms with E-state index in [1.807, 2.05) is 18.2 Å². The van der Waals surface area contributed by atoms with Gasteiger partial charge in [0.2, 0.25) is 17.7 Å². The van der Waals surface area contributed by atoms with Crippen molar-refractivity contribution < 1.29 is 27.9 Å². The molecule has 0 saturated carbocycles. The van der Waals surface area contributed by atoms with E-state index in [-0.39, 0.29) is 61.9 Å². The molecule has 210 valence electrons. The van der Waals surface area contributed by atoms with Crippen LogP contribution in [0.3, 0.4) is 0 Å². The second kappa shape index (κ2) is 12.2. The Hall–Kier alpha value is -4.42. The van der Waals surface area contributed by atoms with Crippen LogP contribution in [0, 0.1) is 17.6 Å². The molecule has 5 rings (SSSR count). The van der Waals surface area contributed by atoms with Crippen molar-refractivity contribution in [3.8, 4) is 5.75 Å². The average Bonchev–Trinajstić information content (AvgIpc) is 3.63. The normalized spacial score (nSPS) is 19.8. The van der Waals surface area contributed by atoms with Gasteiger partial charge < -0.3 is 19.9 Å². The van der Waals surface area contributed by atoms with Crippen molar-refractivity contribution in [2.75, 3.05) is 39.3 Å². The van der Waals surface area contributed by atoms with Crippen LogP contribution in [0.1, 0.15) is 23.5 Å². The van der Waals surface area contributed by atoms with Crippen LogP contribution in [0.25, 0.3) is 0 Å². The SMILES string of the molecule is O=C1NCCCN(C(=O)Cn2cnnn2)CCOc2cccc(c2)[C@H]2CN(C(=O)Cc3cccc(F)c3F)C[C@H]12. The highest BCUT2D eigenvalue weighted by Gasteiger charge is 2.40. The Morgan fingerprint density at radius 2 is 1.85 bits per heavy atom. The predicted molar refractivity (Wildman–Crippen MR) is 137 cm³/mol. The Bertz CT molecular complexity index is 1370. The molecule has 3 amide bonds. The Labute approximate surface area is 229 Å². The van der Waals surface area contributed by atoms with Gasteiger partial charge in [-0.2, -0.15) is 0 Å². The zero-order valence-corrected chi connectivity index (χ0v) is 21.7. The van der Waals surface area contributed by atoms with Gasteiger partial charge in [-0.25, -0.2) is 13.5 Å². The molecular formula is C27H29F2N7O4. The van der Waals surface area contributed by atoms with E-state index in [1.165, 1.54) is 28.0 Å². The van der Waals surface area contributed by atoms with E-state index < -0.39 is 17.6 Å².